The summed E-state index contributed by atoms with van der Waals surface area (Å²) in [6.07, 6.45) is 2.41. The lowest BCUT2D eigenvalue weighted by molar-refractivity contribution is -0.177. The van der Waals surface area contributed by atoms with Crippen LogP contribution in [-0.4, -0.2) is 72.7 Å². The lowest BCUT2D eigenvalue weighted by Gasteiger charge is -2.30. The minimum atomic E-state index is -1.15. The molecule has 0 aromatic heterocycles. The van der Waals surface area contributed by atoms with Crippen LogP contribution in [0.15, 0.2) is 60.7 Å². The van der Waals surface area contributed by atoms with Crippen LogP contribution in [0.4, 0.5) is 0 Å². The number of carbonyl (C=O) groups excluding carboxylic acids is 4. The Morgan fingerprint density at radius 3 is 2.49 bits per heavy atom. The molecule has 3 aliphatic heterocycles. The summed E-state index contributed by atoms with van der Waals surface area (Å²) < 4.78 is 23.2. The number of rotatable bonds is 8. The number of benzene rings is 2. The van der Waals surface area contributed by atoms with Gasteiger partial charge in [0, 0.05) is 25.3 Å². The molecule has 2 saturated heterocycles. The van der Waals surface area contributed by atoms with Crippen LogP contribution in [0.2, 0.25) is 5.02 Å². The SMILES string of the molecule is COc1ccc(C[C@H]2NC(=O)/C=C/C[C@@H]([C@H](C)[C@H]3O[C@@H]3c3ccccc3)OC(=O)[C@H](CC(C)C)OC(=O)[C@@H]3CCCN3C2=O)cc1Cl. The van der Waals surface area contributed by atoms with Gasteiger partial charge in [-0.15, -0.1) is 0 Å². The lowest BCUT2D eigenvalue weighted by atomic mass is 9.93. The van der Waals surface area contributed by atoms with E-state index >= 15 is 0 Å². The van der Waals surface area contributed by atoms with E-state index in [1.165, 1.54) is 18.1 Å². The molecule has 0 bridgehead atoms. The monoisotopic (exact) mass is 666 g/mol. The molecule has 2 aromatic rings. The van der Waals surface area contributed by atoms with Gasteiger partial charge in [0.2, 0.25) is 11.8 Å². The molecule has 1 N–H and O–H groups in total. The summed E-state index contributed by atoms with van der Waals surface area (Å²) in [5, 5.41) is 3.21. The van der Waals surface area contributed by atoms with Crippen LogP contribution in [-0.2, 0) is 39.8 Å². The number of nitrogens with zero attached hydrogens (tertiary/aromatic N) is 1. The lowest BCUT2D eigenvalue weighted by Crippen LogP contribution is -2.53. The van der Waals surface area contributed by atoms with E-state index in [1.54, 1.807) is 24.3 Å². The van der Waals surface area contributed by atoms with Crippen molar-refractivity contribution in [2.75, 3.05) is 13.7 Å². The highest BCUT2D eigenvalue weighted by molar-refractivity contribution is 6.32. The summed E-state index contributed by atoms with van der Waals surface area (Å²) in [5.74, 6) is -1.95. The Hall–Kier alpha value is -3.89. The third kappa shape index (κ3) is 8.53. The molecule has 3 aliphatic rings. The zero-order valence-electron chi connectivity index (χ0n) is 27.2. The molecule has 10 nitrogen and oxygen atoms in total. The molecule has 7 atom stereocenters. The summed E-state index contributed by atoms with van der Waals surface area (Å²) in [6.45, 7) is 6.12. The Kier molecular flexibility index (Phi) is 11.2. The van der Waals surface area contributed by atoms with Gasteiger partial charge < -0.3 is 29.2 Å². The Morgan fingerprint density at radius 1 is 1.02 bits per heavy atom. The molecular weight excluding hydrogens is 624 g/mol. The molecule has 252 valence electrons. The summed E-state index contributed by atoms with van der Waals surface area (Å²) in [6, 6.07) is 13.1. The highest BCUT2D eigenvalue weighted by Gasteiger charge is 2.48. The van der Waals surface area contributed by atoms with Crippen LogP contribution in [0, 0.1) is 11.8 Å². The largest absolute Gasteiger partial charge is 0.495 e. The summed E-state index contributed by atoms with van der Waals surface area (Å²) in [7, 11) is 1.51. The van der Waals surface area contributed by atoms with Crippen molar-refractivity contribution in [1.29, 1.82) is 0 Å². The Bertz CT molecular complexity index is 1480. The van der Waals surface area contributed by atoms with Gasteiger partial charge in [0.25, 0.3) is 0 Å². The Morgan fingerprint density at radius 2 is 1.79 bits per heavy atom. The first-order valence-corrected chi connectivity index (χ1v) is 16.6. The van der Waals surface area contributed by atoms with Crippen LogP contribution in [0.25, 0.3) is 0 Å². The highest BCUT2D eigenvalue weighted by Crippen LogP contribution is 2.45. The second-order valence-electron chi connectivity index (χ2n) is 12.9. The van der Waals surface area contributed by atoms with Crippen molar-refractivity contribution in [2.24, 2.45) is 11.8 Å². The Labute approximate surface area is 280 Å². The van der Waals surface area contributed by atoms with E-state index < -0.39 is 48.0 Å². The van der Waals surface area contributed by atoms with Crippen molar-refractivity contribution in [2.45, 2.75) is 89.4 Å². The first kappa shape index (κ1) is 34.4. The van der Waals surface area contributed by atoms with Gasteiger partial charge in [-0.2, -0.15) is 0 Å². The maximum atomic E-state index is 14.0. The van der Waals surface area contributed by atoms with Crippen molar-refractivity contribution in [3.63, 3.8) is 0 Å². The summed E-state index contributed by atoms with van der Waals surface area (Å²) in [5.41, 5.74) is 1.74. The van der Waals surface area contributed by atoms with E-state index in [9.17, 15) is 19.2 Å². The number of nitrogens with one attached hydrogen (secondary N) is 1. The predicted molar refractivity (Wildman–Crippen MR) is 175 cm³/mol. The van der Waals surface area contributed by atoms with Gasteiger partial charge in [-0.1, -0.05) is 74.8 Å². The van der Waals surface area contributed by atoms with E-state index in [0.717, 1.165) is 5.56 Å². The average molecular weight is 667 g/mol. The molecule has 47 heavy (non-hydrogen) atoms. The molecule has 0 saturated carbocycles. The van der Waals surface area contributed by atoms with Crippen LogP contribution in [0.1, 0.15) is 63.7 Å². The molecule has 2 aromatic carbocycles. The van der Waals surface area contributed by atoms with Crippen LogP contribution < -0.4 is 10.1 Å². The summed E-state index contributed by atoms with van der Waals surface area (Å²) in [4.78, 5) is 55.9. The Balaban J connectivity index is 1.43. The highest BCUT2D eigenvalue weighted by atomic mass is 35.5. The number of ether oxygens (including phenoxy) is 4. The number of hydrogen-bond acceptors (Lipinski definition) is 8. The maximum absolute atomic E-state index is 14.0. The molecule has 0 spiro atoms. The average Bonchev–Trinajstić information content (AvgIpc) is 3.69. The maximum Gasteiger partial charge on any atom is 0.347 e. The number of esters is 2. The zero-order chi connectivity index (χ0) is 33.7. The van der Waals surface area contributed by atoms with Crippen LogP contribution in [0.5, 0.6) is 5.75 Å². The van der Waals surface area contributed by atoms with Gasteiger partial charge in [-0.3, -0.25) is 9.59 Å². The molecule has 0 unspecified atom stereocenters. The van der Waals surface area contributed by atoms with Crippen molar-refractivity contribution < 1.29 is 38.1 Å². The molecule has 5 rings (SSSR count). The van der Waals surface area contributed by atoms with Gasteiger partial charge in [-0.25, -0.2) is 9.59 Å². The summed E-state index contributed by atoms with van der Waals surface area (Å²) >= 11 is 6.36. The number of cyclic esters (lactones) is 2. The third-order valence-corrected chi connectivity index (χ3v) is 9.24. The standard InChI is InChI=1S/C36H43ClN2O8/c1-21(2)18-30-36(43)45-28(22(3)32-33(47-32)24-10-6-5-7-11-24)13-8-14-31(40)38-26(20-23-15-16-29(44-4)25(37)19-23)34(41)39-17-9-12-27(39)35(42)46-30/h5-8,10-11,14-16,19,21-22,26-28,30,32-33H,9,12-13,17-18,20H2,1-4H3,(H,38,40)/b14-8+/t22-,26+,27-,28-,30-,32+,33+/m0/s1. The van der Waals surface area contributed by atoms with Gasteiger partial charge in [0.15, 0.2) is 6.10 Å². The van der Waals surface area contributed by atoms with Crippen LogP contribution in [0.3, 0.4) is 0 Å². The second kappa shape index (κ2) is 15.3. The number of carbonyl (C=O) groups is 4. The van der Waals surface area contributed by atoms with E-state index in [4.69, 9.17) is 30.5 Å². The van der Waals surface area contributed by atoms with Crippen molar-refractivity contribution in [3.05, 3.63) is 76.8 Å². The van der Waals surface area contributed by atoms with Gasteiger partial charge in [0.1, 0.15) is 30.0 Å². The van der Waals surface area contributed by atoms with E-state index in [0.29, 0.717) is 35.7 Å². The van der Waals surface area contributed by atoms with E-state index in [2.05, 4.69) is 5.32 Å². The number of epoxide rings is 1. The smallest absolute Gasteiger partial charge is 0.347 e. The van der Waals surface area contributed by atoms with Gasteiger partial charge >= 0.3 is 11.9 Å². The van der Waals surface area contributed by atoms with Crippen molar-refractivity contribution in [1.82, 2.24) is 10.2 Å². The number of hydrogen-bond donors (Lipinski definition) is 1. The van der Waals surface area contributed by atoms with Crippen molar-refractivity contribution >= 4 is 35.4 Å². The quantitative estimate of drug-likeness (QED) is 0.309. The predicted octanol–water partition coefficient (Wildman–Crippen LogP) is 4.97. The number of fused-ring (bicyclic) bond motifs is 1. The van der Waals surface area contributed by atoms with Crippen molar-refractivity contribution in [3.8, 4) is 5.75 Å². The second-order valence-corrected chi connectivity index (χ2v) is 13.3. The first-order chi connectivity index (χ1) is 22.5. The fraction of sp³-hybridized carbons (Fsp3) is 0.500. The zero-order valence-corrected chi connectivity index (χ0v) is 28.0. The number of methoxy groups -OCH3 is 1. The molecule has 3 heterocycles. The normalized spacial score (nSPS) is 28.3. The van der Waals surface area contributed by atoms with Gasteiger partial charge in [0.05, 0.1) is 18.2 Å². The molecule has 0 radical (unpaired) electrons. The van der Waals surface area contributed by atoms with E-state index in [1.807, 2.05) is 51.1 Å². The molecule has 0 aliphatic carbocycles. The van der Waals surface area contributed by atoms with Crippen LogP contribution >= 0.6 is 11.6 Å². The fourth-order valence-electron chi connectivity index (χ4n) is 6.36. The molecule has 2 fully saturated rings. The molecule has 2 amide bonds. The van der Waals surface area contributed by atoms with E-state index in [-0.39, 0.29) is 43.3 Å². The minimum Gasteiger partial charge on any atom is -0.495 e. The number of halogens is 1. The third-order valence-electron chi connectivity index (χ3n) is 8.95. The molecule has 11 heteroatoms. The van der Waals surface area contributed by atoms with Gasteiger partial charge in [-0.05, 0) is 54.5 Å². The molecular formula is C36H43ClN2O8. The minimum absolute atomic E-state index is 0.0243. The number of amides is 2. The fourth-order valence-corrected chi connectivity index (χ4v) is 6.64. The topological polar surface area (TPSA) is 124 Å². The first-order valence-electron chi connectivity index (χ1n) is 16.3.